The third-order valence-electron chi connectivity index (χ3n) is 1.93. The Morgan fingerprint density at radius 1 is 1.41 bits per heavy atom. The highest BCUT2D eigenvalue weighted by molar-refractivity contribution is 5.97. The van der Waals surface area contributed by atoms with Crippen LogP contribution in [-0.4, -0.2) is 28.6 Å². The lowest BCUT2D eigenvalue weighted by Gasteiger charge is -2.03. The fourth-order valence-corrected chi connectivity index (χ4v) is 1.18. The molecule has 7 nitrogen and oxygen atoms in total. The molecule has 17 heavy (non-hydrogen) atoms. The second kappa shape index (κ2) is 4.97. The average molecular weight is 234 g/mol. The summed E-state index contributed by atoms with van der Waals surface area (Å²) in [6.45, 7) is -0.140. The van der Waals surface area contributed by atoms with E-state index in [2.05, 4.69) is 20.8 Å². The second-order valence-corrected chi connectivity index (χ2v) is 3.18. The Morgan fingerprint density at radius 3 is 2.94 bits per heavy atom. The molecule has 7 heteroatoms. The van der Waals surface area contributed by atoms with Crippen LogP contribution in [0, 0.1) is 0 Å². The number of nitrogens with one attached hydrogen (secondary N) is 3. The molecule has 2 heterocycles. The number of carbonyl (C=O) groups excluding carboxylic acids is 2. The molecule has 2 aromatic rings. The summed E-state index contributed by atoms with van der Waals surface area (Å²) in [4.78, 5) is 22.8. The number of nitrogens with zero attached hydrogens (tertiary/aromatic N) is 1. The van der Waals surface area contributed by atoms with Gasteiger partial charge in [0.1, 0.15) is 5.82 Å². The van der Waals surface area contributed by atoms with Crippen LogP contribution in [0.2, 0.25) is 0 Å². The zero-order valence-electron chi connectivity index (χ0n) is 8.77. The van der Waals surface area contributed by atoms with Gasteiger partial charge in [0.05, 0.1) is 19.0 Å². The molecular weight excluding hydrogens is 224 g/mol. The second-order valence-electron chi connectivity index (χ2n) is 3.18. The van der Waals surface area contributed by atoms with Crippen LogP contribution in [0.25, 0.3) is 0 Å². The molecule has 0 unspecified atom stereocenters. The normalized spacial score (nSPS) is 9.88. The van der Waals surface area contributed by atoms with Gasteiger partial charge < -0.3 is 15.1 Å². The van der Waals surface area contributed by atoms with Crippen molar-refractivity contribution in [2.45, 2.75) is 0 Å². The molecule has 0 fully saturated rings. The first kappa shape index (κ1) is 10.9. The molecular formula is C10H10N4O3. The molecule has 0 radical (unpaired) electrons. The first-order valence-corrected chi connectivity index (χ1v) is 4.86. The molecule has 2 amide bonds. The summed E-state index contributed by atoms with van der Waals surface area (Å²) in [5.41, 5.74) is 0. The van der Waals surface area contributed by atoms with E-state index in [1.54, 1.807) is 12.1 Å². The molecule has 0 saturated heterocycles. The minimum atomic E-state index is -0.435. The van der Waals surface area contributed by atoms with Gasteiger partial charge in [-0.15, -0.1) is 0 Å². The van der Waals surface area contributed by atoms with E-state index >= 15 is 0 Å². The molecule has 0 atom stereocenters. The molecule has 0 aliphatic heterocycles. The first-order chi connectivity index (χ1) is 8.25. The summed E-state index contributed by atoms with van der Waals surface area (Å²) in [5, 5.41) is 11.2. The zero-order chi connectivity index (χ0) is 12.1. The number of hydrogen-bond donors (Lipinski definition) is 3. The van der Waals surface area contributed by atoms with Crippen LogP contribution in [0.1, 0.15) is 10.6 Å². The standard InChI is InChI=1S/C10H10N4O3/c15-9(13-8-3-4-12-14-8)6-11-10(16)7-2-1-5-17-7/h1-5H,6H2,(H,11,16)(H2,12,13,14,15). The number of aromatic amines is 1. The van der Waals surface area contributed by atoms with E-state index in [0.717, 1.165) is 0 Å². The fraction of sp³-hybridized carbons (Fsp3) is 0.100. The van der Waals surface area contributed by atoms with E-state index < -0.39 is 5.91 Å². The monoisotopic (exact) mass is 234 g/mol. The van der Waals surface area contributed by atoms with Crippen LogP contribution < -0.4 is 10.6 Å². The number of carbonyl (C=O) groups is 2. The summed E-state index contributed by atoms with van der Waals surface area (Å²) in [7, 11) is 0. The van der Waals surface area contributed by atoms with E-state index in [-0.39, 0.29) is 18.2 Å². The third kappa shape index (κ3) is 2.94. The van der Waals surface area contributed by atoms with Crippen molar-refractivity contribution in [3.8, 4) is 0 Å². The quantitative estimate of drug-likeness (QED) is 0.711. The van der Waals surface area contributed by atoms with Gasteiger partial charge in [0.25, 0.3) is 5.91 Å². The maximum absolute atomic E-state index is 11.4. The van der Waals surface area contributed by atoms with E-state index in [1.807, 2.05) is 0 Å². The van der Waals surface area contributed by atoms with Gasteiger partial charge >= 0.3 is 0 Å². The highest BCUT2D eigenvalue weighted by atomic mass is 16.3. The summed E-state index contributed by atoms with van der Waals surface area (Å²) in [6, 6.07) is 4.72. The summed E-state index contributed by atoms with van der Waals surface area (Å²) in [6.07, 6.45) is 2.90. The minimum absolute atomic E-state index is 0.140. The Balaban J connectivity index is 1.79. The van der Waals surface area contributed by atoms with Gasteiger partial charge in [-0.1, -0.05) is 0 Å². The van der Waals surface area contributed by atoms with Crippen molar-refractivity contribution in [2.75, 3.05) is 11.9 Å². The zero-order valence-corrected chi connectivity index (χ0v) is 8.77. The maximum Gasteiger partial charge on any atom is 0.287 e. The van der Waals surface area contributed by atoms with E-state index in [1.165, 1.54) is 18.5 Å². The number of H-pyrrole nitrogens is 1. The number of rotatable bonds is 4. The van der Waals surface area contributed by atoms with Crippen LogP contribution in [-0.2, 0) is 4.79 Å². The molecule has 3 N–H and O–H groups in total. The molecule has 0 aliphatic carbocycles. The minimum Gasteiger partial charge on any atom is -0.459 e. The van der Waals surface area contributed by atoms with Gasteiger partial charge in [0.2, 0.25) is 5.91 Å². The van der Waals surface area contributed by atoms with Gasteiger partial charge in [0, 0.05) is 6.07 Å². The Morgan fingerprint density at radius 2 is 2.29 bits per heavy atom. The molecule has 0 aromatic carbocycles. The lowest BCUT2D eigenvalue weighted by Crippen LogP contribution is -2.32. The molecule has 2 rings (SSSR count). The SMILES string of the molecule is O=C(CNC(=O)c1ccco1)Nc1ccn[nH]1. The third-order valence-corrected chi connectivity index (χ3v) is 1.93. The van der Waals surface area contributed by atoms with Crippen molar-refractivity contribution in [2.24, 2.45) is 0 Å². The fourth-order valence-electron chi connectivity index (χ4n) is 1.18. The summed E-state index contributed by atoms with van der Waals surface area (Å²) < 4.78 is 4.87. The first-order valence-electron chi connectivity index (χ1n) is 4.86. The highest BCUT2D eigenvalue weighted by Gasteiger charge is 2.10. The molecule has 0 spiro atoms. The van der Waals surface area contributed by atoms with Gasteiger partial charge in [0.15, 0.2) is 5.76 Å². The molecule has 0 bridgehead atoms. The van der Waals surface area contributed by atoms with Gasteiger partial charge in [-0.05, 0) is 12.1 Å². The van der Waals surface area contributed by atoms with Crippen molar-refractivity contribution in [1.29, 1.82) is 0 Å². The van der Waals surface area contributed by atoms with Crippen molar-refractivity contribution in [3.05, 3.63) is 36.4 Å². The van der Waals surface area contributed by atoms with E-state index in [0.29, 0.717) is 5.82 Å². The topological polar surface area (TPSA) is 100 Å². The predicted octanol–water partition coefficient (Wildman–Crippen LogP) is 0.371. The van der Waals surface area contributed by atoms with Crippen molar-refractivity contribution in [1.82, 2.24) is 15.5 Å². The molecule has 0 aliphatic rings. The van der Waals surface area contributed by atoms with Crippen LogP contribution in [0.15, 0.2) is 35.1 Å². The maximum atomic E-state index is 11.4. The molecule has 2 aromatic heterocycles. The smallest absolute Gasteiger partial charge is 0.287 e. The largest absolute Gasteiger partial charge is 0.459 e. The van der Waals surface area contributed by atoms with E-state index in [4.69, 9.17) is 4.42 Å². The highest BCUT2D eigenvalue weighted by Crippen LogP contribution is 1.99. The summed E-state index contributed by atoms with van der Waals surface area (Å²) >= 11 is 0. The van der Waals surface area contributed by atoms with Gasteiger partial charge in [-0.2, -0.15) is 5.10 Å². The lowest BCUT2D eigenvalue weighted by molar-refractivity contribution is -0.115. The number of anilines is 1. The van der Waals surface area contributed by atoms with Crippen molar-refractivity contribution in [3.63, 3.8) is 0 Å². The van der Waals surface area contributed by atoms with Gasteiger partial charge in [-0.3, -0.25) is 14.7 Å². The van der Waals surface area contributed by atoms with Gasteiger partial charge in [-0.25, -0.2) is 0 Å². The average Bonchev–Trinajstić information content (AvgIpc) is 2.97. The van der Waals surface area contributed by atoms with Crippen molar-refractivity contribution >= 4 is 17.6 Å². The number of hydrogen-bond acceptors (Lipinski definition) is 4. The summed E-state index contributed by atoms with van der Waals surface area (Å²) in [5.74, 6) is -0.148. The molecule has 88 valence electrons. The predicted molar refractivity (Wildman–Crippen MR) is 58.3 cm³/mol. The van der Waals surface area contributed by atoms with Crippen LogP contribution >= 0.6 is 0 Å². The van der Waals surface area contributed by atoms with Crippen LogP contribution in [0.5, 0.6) is 0 Å². The van der Waals surface area contributed by atoms with Crippen molar-refractivity contribution < 1.29 is 14.0 Å². The van der Waals surface area contributed by atoms with Crippen LogP contribution in [0.3, 0.4) is 0 Å². The lowest BCUT2D eigenvalue weighted by atomic mass is 10.4. The Hall–Kier alpha value is -2.57. The number of furan rings is 1. The number of aromatic nitrogens is 2. The van der Waals surface area contributed by atoms with E-state index in [9.17, 15) is 9.59 Å². The van der Waals surface area contributed by atoms with Crippen LogP contribution in [0.4, 0.5) is 5.82 Å². The Kier molecular flexibility index (Phi) is 3.20. The number of amides is 2. The Bertz CT molecular complexity index is 490. The molecule has 0 saturated carbocycles. The Labute approximate surface area is 96.2 Å².